The van der Waals surface area contributed by atoms with E-state index >= 15 is 0 Å². The molecule has 0 aliphatic heterocycles. The van der Waals surface area contributed by atoms with Crippen LogP contribution in [0.1, 0.15) is 24.2 Å². The molecule has 1 aromatic carbocycles. The van der Waals surface area contributed by atoms with Crippen LogP contribution in [0, 0.1) is 0 Å². The highest BCUT2D eigenvalue weighted by Crippen LogP contribution is 2.31. The number of thioether (sulfide) groups is 2. The Kier molecular flexibility index (Phi) is 7.07. The van der Waals surface area contributed by atoms with E-state index in [1.54, 1.807) is 12.1 Å². The van der Waals surface area contributed by atoms with Crippen molar-refractivity contribution in [2.45, 2.75) is 27.8 Å². The Morgan fingerprint density at radius 2 is 1.91 bits per heavy atom. The summed E-state index contributed by atoms with van der Waals surface area (Å²) in [5.41, 5.74) is 0.698. The highest BCUT2D eigenvalue weighted by atomic mass is 32.2. The Labute approximate surface area is 147 Å². The van der Waals surface area contributed by atoms with Crippen LogP contribution in [0.5, 0.6) is 0 Å². The van der Waals surface area contributed by atoms with Gasteiger partial charge in [-0.05, 0) is 13.8 Å². The zero-order valence-electron chi connectivity index (χ0n) is 12.8. The molecule has 2 aromatic rings. The molecule has 122 valence electrons. The van der Waals surface area contributed by atoms with Crippen molar-refractivity contribution < 1.29 is 9.59 Å². The van der Waals surface area contributed by atoms with Gasteiger partial charge in [-0.1, -0.05) is 65.2 Å². The maximum absolute atomic E-state index is 12.0. The number of aromatic nitrogens is 2. The number of benzene rings is 1. The Morgan fingerprint density at radius 3 is 2.61 bits per heavy atom. The predicted molar refractivity (Wildman–Crippen MR) is 95.4 cm³/mol. The molecule has 0 unspecified atom stereocenters. The van der Waals surface area contributed by atoms with Crippen molar-refractivity contribution in [3.05, 3.63) is 35.9 Å². The van der Waals surface area contributed by atoms with Crippen LogP contribution < -0.4 is 5.32 Å². The third-order valence-electron chi connectivity index (χ3n) is 2.81. The SMILES string of the molecule is CCNC(=O)[C@H](C)Sc1nnc(SCC(=O)c2ccccc2)s1. The van der Waals surface area contributed by atoms with Crippen LogP contribution in [0.4, 0.5) is 0 Å². The fraction of sp³-hybridized carbons (Fsp3) is 0.333. The zero-order chi connectivity index (χ0) is 16.7. The molecule has 0 aliphatic carbocycles. The van der Waals surface area contributed by atoms with Gasteiger partial charge in [0, 0.05) is 12.1 Å². The van der Waals surface area contributed by atoms with Gasteiger partial charge in [0.2, 0.25) is 5.91 Å². The monoisotopic (exact) mass is 367 g/mol. The smallest absolute Gasteiger partial charge is 0.233 e. The molecule has 1 heterocycles. The van der Waals surface area contributed by atoms with E-state index in [2.05, 4.69) is 15.5 Å². The molecule has 2 rings (SSSR count). The van der Waals surface area contributed by atoms with E-state index in [0.29, 0.717) is 17.9 Å². The number of nitrogens with zero attached hydrogens (tertiary/aromatic N) is 2. The number of Topliss-reactive ketones (excluding diaryl/α,β-unsaturated/α-hetero) is 1. The second-order valence-electron chi connectivity index (χ2n) is 4.57. The van der Waals surface area contributed by atoms with E-state index in [9.17, 15) is 9.59 Å². The molecule has 0 spiro atoms. The Bertz CT molecular complexity index is 661. The molecule has 1 amide bonds. The van der Waals surface area contributed by atoms with Crippen LogP contribution in [0.15, 0.2) is 39.0 Å². The van der Waals surface area contributed by atoms with Gasteiger partial charge in [0.25, 0.3) is 0 Å². The van der Waals surface area contributed by atoms with E-state index < -0.39 is 0 Å². The van der Waals surface area contributed by atoms with E-state index in [-0.39, 0.29) is 16.9 Å². The van der Waals surface area contributed by atoms with Gasteiger partial charge >= 0.3 is 0 Å². The third kappa shape index (κ3) is 5.63. The predicted octanol–water partition coefficient (Wildman–Crippen LogP) is 3.13. The number of amides is 1. The largest absolute Gasteiger partial charge is 0.355 e. The molecule has 1 atom stereocenters. The van der Waals surface area contributed by atoms with Crippen molar-refractivity contribution in [2.75, 3.05) is 12.3 Å². The molecule has 23 heavy (non-hydrogen) atoms. The number of ketones is 1. The molecule has 0 bridgehead atoms. The molecular formula is C15H17N3O2S3. The Hall–Kier alpha value is -1.38. The van der Waals surface area contributed by atoms with Crippen molar-refractivity contribution in [3.8, 4) is 0 Å². The molecule has 0 saturated heterocycles. The summed E-state index contributed by atoms with van der Waals surface area (Å²) in [4.78, 5) is 23.7. The summed E-state index contributed by atoms with van der Waals surface area (Å²) in [6, 6.07) is 9.19. The minimum Gasteiger partial charge on any atom is -0.355 e. The fourth-order valence-corrected chi connectivity index (χ4v) is 4.74. The van der Waals surface area contributed by atoms with Gasteiger partial charge in [-0.25, -0.2) is 0 Å². The maximum atomic E-state index is 12.0. The van der Waals surface area contributed by atoms with Gasteiger partial charge in [-0.15, -0.1) is 10.2 Å². The van der Waals surface area contributed by atoms with E-state index in [1.165, 1.54) is 34.9 Å². The van der Waals surface area contributed by atoms with Gasteiger partial charge in [-0.3, -0.25) is 9.59 Å². The molecule has 0 aliphatic rings. The van der Waals surface area contributed by atoms with E-state index in [0.717, 1.165) is 8.68 Å². The fourth-order valence-electron chi connectivity index (χ4n) is 1.66. The van der Waals surface area contributed by atoms with Gasteiger partial charge in [-0.2, -0.15) is 0 Å². The van der Waals surface area contributed by atoms with Crippen molar-refractivity contribution >= 4 is 46.6 Å². The highest BCUT2D eigenvalue weighted by molar-refractivity contribution is 8.04. The minimum atomic E-state index is -0.216. The van der Waals surface area contributed by atoms with Crippen molar-refractivity contribution in [2.24, 2.45) is 0 Å². The zero-order valence-corrected chi connectivity index (χ0v) is 15.3. The first-order valence-corrected chi connectivity index (χ1v) is 9.77. The number of rotatable bonds is 8. The number of carbonyl (C=O) groups excluding carboxylic acids is 2. The molecular weight excluding hydrogens is 350 g/mol. The standard InChI is InChI=1S/C15H17N3O2S3/c1-3-16-13(20)10(2)22-15-18-17-14(23-15)21-9-12(19)11-7-5-4-6-8-11/h4-8,10H,3,9H2,1-2H3,(H,16,20)/t10-/m0/s1. The van der Waals surface area contributed by atoms with Crippen LogP contribution in [0.2, 0.25) is 0 Å². The molecule has 1 aromatic heterocycles. The summed E-state index contributed by atoms with van der Waals surface area (Å²) in [7, 11) is 0. The number of carbonyl (C=O) groups is 2. The summed E-state index contributed by atoms with van der Waals surface area (Å²) < 4.78 is 1.47. The third-order valence-corrected chi connectivity index (χ3v) is 6.05. The second-order valence-corrected chi connectivity index (χ2v) is 8.35. The molecule has 0 saturated carbocycles. The van der Waals surface area contributed by atoms with Gasteiger partial charge < -0.3 is 5.32 Å². The quantitative estimate of drug-likeness (QED) is 0.571. The van der Waals surface area contributed by atoms with Crippen LogP contribution in [-0.4, -0.2) is 39.4 Å². The van der Waals surface area contributed by atoms with Gasteiger partial charge in [0.05, 0.1) is 11.0 Å². The average Bonchev–Trinajstić information content (AvgIpc) is 3.01. The summed E-state index contributed by atoms with van der Waals surface area (Å²) in [6.07, 6.45) is 0. The van der Waals surface area contributed by atoms with Crippen LogP contribution in [-0.2, 0) is 4.79 Å². The lowest BCUT2D eigenvalue weighted by atomic mass is 10.2. The van der Waals surface area contributed by atoms with Crippen LogP contribution >= 0.6 is 34.9 Å². The summed E-state index contributed by atoms with van der Waals surface area (Å²) in [5.74, 6) is 0.381. The summed E-state index contributed by atoms with van der Waals surface area (Å²) in [5, 5.41) is 10.7. The van der Waals surface area contributed by atoms with Crippen molar-refractivity contribution in [3.63, 3.8) is 0 Å². The molecule has 0 radical (unpaired) electrons. The molecule has 8 heteroatoms. The van der Waals surface area contributed by atoms with Gasteiger partial charge in [0.15, 0.2) is 14.5 Å². The van der Waals surface area contributed by atoms with E-state index in [4.69, 9.17) is 0 Å². The van der Waals surface area contributed by atoms with Crippen molar-refractivity contribution in [1.29, 1.82) is 0 Å². The van der Waals surface area contributed by atoms with Crippen LogP contribution in [0.25, 0.3) is 0 Å². The Morgan fingerprint density at radius 1 is 1.22 bits per heavy atom. The average molecular weight is 368 g/mol. The molecule has 5 nitrogen and oxygen atoms in total. The lowest BCUT2D eigenvalue weighted by molar-refractivity contribution is -0.120. The van der Waals surface area contributed by atoms with Gasteiger partial charge in [0.1, 0.15) is 0 Å². The lowest BCUT2D eigenvalue weighted by Crippen LogP contribution is -2.30. The summed E-state index contributed by atoms with van der Waals surface area (Å²) in [6.45, 7) is 4.34. The highest BCUT2D eigenvalue weighted by Gasteiger charge is 2.17. The van der Waals surface area contributed by atoms with Crippen molar-refractivity contribution in [1.82, 2.24) is 15.5 Å². The Balaban J connectivity index is 1.85. The second kappa shape index (κ2) is 9.05. The number of hydrogen-bond donors (Lipinski definition) is 1. The number of hydrogen-bond acceptors (Lipinski definition) is 7. The topological polar surface area (TPSA) is 72.0 Å². The van der Waals surface area contributed by atoms with E-state index in [1.807, 2.05) is 32.0 Å². The van der Waals surface area contributed by atoms with Crippen LogP contribution in [0.3, 0.4) is 0 Å². The first-order valence-electron chi connectivity index (χ1n) is 7.09. The molecule has 1 N–H and O–H groups in total. The molecule has 0 fully saturated rings. The normalized spacial score (nSPS) is 11.9. The number of nitrogens with one attached hydrogen (secondary N) is 1. The first-order chi connectivity index (χ1) is 11.1. The lowest BCUT2D eigenvalue weighted by Gasteiger charge is -2.07. The summed E-state index contributed by atoms with van der Waals surface area (Å²) >= 11 is 4.15. The minimum absolute atomic E-state index is 0.0128. The maximum Gasteiger partial charge on any atom is 0.233 e. The first kappa shape index (κ1) is 18.0.